The highest BCUT2D eigenvalue weighted by Gasteiger charge is 2.22. The van der Waals surface area contributed by atoms with E-state index in [0.29, 0.717) is 25.2 Å². The van der Waals surface area contributed by atoms with Crippen molar-refractivity contribution in [3.8, 4) is 0 Å². The van der Waals surface area contributed by atoms with E-state index in [9.17, 15) is 14.3 Å². The third-order valence-electron chi connectivity index (χ3n) is 4.33. The molecular formula is C18H21FN4O2. The number of nitrogens with zero attached hydrogens (tertiary/aromatic N) is 4. The number of carbonyl (C=O) groups excluding carboxylic acids is 1. The molecule has 132 valence electrons. The third-order valence-corrected chi connectivity index (χ3v) is 4.33. The van der Waals surface area contributed by atoms with Gasteiger partial charge in [-0.15, -0.1) is 5.10 Å². The molecule has 1 N–H and O–H groups in total. The van der Waals surface area contributed by atoms with E-state index < -0.39 is 11.9 Å². The van der Waals surface area contributed by atoms with Gasteiger partial charge in [0.2, 0.25) is 5.91 Å². The van der Waals surface area contributed by atoms with Gasteiger partial charge in [0.25, 0.3) is 0 Å². The third kappa shape index (κ3) is 4.51. The minimum atomic E-state index is -0.998. The van der Waals surface area contributed by atoms with Crippen molar-refractivity contribution < 1.29 is 14.3 Å². The lowest BCUT2D eigenvalue weighted by molar-refractivity contribution is -0.133. The Morgan fingerprint density at radius 3 is 2.84 bits per heavy atom. The summed E-state index contributed by atoms with van der Waals surface area (Å²) in [6, 6.07) is 9.47. The molecule has 0 bridgehead atoms. The van der Waals surface area contributed by atoms with Crippen LogP contribution >= 0.6 is 0 Å². The normalized spacial score (nSPS) is 16.4. The van der Waals surface area contributed by atoms with Gasteiger partial charge < -0.3 is 14.9 Å². The second-order valence-electron chi connectivity index (χ2n) is 6.08. The van der Waals surface area contributed by atoms with E-state index in [1.54, 1.807) is 17.2 Å². The molecular weight excluding hydrogens is 323 g/mol. The lowest BCUT2D eigenvalue weighted by Gasteiger charge is -2.23. The fourth-order valence-electron chi connectivity index (χ4n) is 2.98. The standard InChI is InChI=1S/C18H21FN4O2/c19-15-5-1-4-14(12-15)16(24)13-18(25)23-9-3-8-22(10-11-23)17-6-2-7-20-21-17/h1-2,4-7,12,16,24H,3,8-11,13H2. The van der Waals surface area contributed by atoms with E-state index >= 15 is 0 Å². The van der Waals surface area contributed by atoms with Gasteiger partial charge in [-0.25, -0.2) is 4.39 Å². The number of aromatic nitrogens is 2. The lowest BCUT2D eigenvalue weighted by Crippen LogP contribution is -2.36. The van der Waals surface area contributed by atoms with Crippen LogP contribution in [0.25, 0.3) is 0 Å². The zero-order chi connectivity index (χ0) is 17.6. The van der Waals surface area contributed by atoms with E-state index in [1.807, 2.05) is 12.1 Å². The van der Waals surface area contributed by atoms with Crippen LogP contribution in [-0.2, 0) is 4.79 Å². The zero-order valence-electron chi connectivity index (χ0n) is 13.9. The molecule has 1 atom stereocenters. The van der Waals surface area contributed by atoms with Gasteiger partial charge in [-0.3, -0.25) is 4.79 Å². The fourth-order valence-corrected chi connectivity index (χ4v) is 2.98. The topological polar surface area (TPSA) is 69.6 Å². The van der Waals surface area contributed by atoms with Crippen LogP contribution < -0.4 is 4.90 Å². The van der Waals surface area contributed by atoms with E-state index in [2.05, 4.69) is 15.1 Å². The molecule has 1 saturated heterocycles. The van der Waals surface area contributed by atoms with Crippen LogP contribution in [0.3, 0.4) is 0 Å². The van der Waals surface area contributed by atoms with Gasteiger partial charge >= 0.3 is 0 Å². The highest BCUT2D eigenvalue weighted by Crippen LogP contribution is 2.20. The van der Waals surface area contributed by atoms with Gasteiger partial charge in [0.15, 0.2) is 5.82 Å². The zero-order valence-corrected chi connectivity index (χ0v) is 13.9. The highest BCUT2D eigenvalue weighted by molar-refractivity contribution is 5.77. The number of amides is 1. The summed E-state index contributed by atoms with van der Waals surface area (Å²) in [6.07, 6.45) is 1.40. The summed E-state index contributed by atoms with van der Waals surface area (Å²) in [5.41, 5.74) is 0.421. The molecule has 1 amide bonds. The first-order valence-corrected chi connectivity index (χ1v) is 8.37. The quantitative estimate of drug-likeness (QED) is 0.916. The molecule has 2 aromatic rings. The van der Waals surface area contributed by atoms with E-state index in [-0.39, 0.29) is 12.3 Å². The van der Waals surface area contributed by atoms with Crippen molar-refractivity contribution in [1.29, 1.82) is 0 Å². The first kappa shape index (κ1) is 17.3. The van der Waals surface area contributed by atoms with Gasteiger partial charge in [0.05, 0.1) is 12.5 Å². The molecule has 25 heavy (non-hydrogen) atoms. The summed E-state index contributed by atoms with van der Waals surface area (Å²) >= 11 is 0. The number of aliphatic hydroxyl groups is 1. The second-order valence-corrected chi connectivity index (χ2v) is 6.08. The SMILES string of the molecule is O=C(CC(O)c1cccc(F)c1)N1CCCN(c2cccnn2)CC1. The smallest absolute Gasteiger partial charge is 0.225 e. The number of benzene rings is 1. The fraction of sp³-hybridized carbons (Fsp3) is 0.389. The van der Waals surface area contributed by atoms with Crippen LogP contribution in [0.2, 0.25) is 0 Å². The number of anilines is 1. The van der Waals surface area contributed by atoms with Crippen LogP contribution in [0.4, 0.5) is 10.2 Å². The average molecular weight is 344 g/mol. The second kappa shape index (κ2) is 8.02. The van der Waals surface area contributed by atoms with Crippen LogP contribution in [0.1, 0.15) is 24.5 Å². The van der Waals surface area contributed by atoms with Crippen LogP contribution in [0.15, 0.2) is 42.6 Å². The number of halogens is 1. The number of carbonyl (C=O) groups is 1. The van der Waals surface area contributed by atoms with Crippen molar-refractivity contribution in [3.05, 3.63) is 54.0 Å². The van der Waals surface area contributed by atoms with Crippen LogP contribution in [0, 0.1) is 5.82 Å². The van der Waals surface area contributed by atoms with Gasteiger partial charge in [0.1, 0.15) is 5.82 Å². The predicted octanol–water partition coefficient (Wildman–Crippen LogP) is 1.78. The molecule has 1 aromatic heterocycles. The lowest BCUT2D eigenvalue weighted by atomic mass is 10.1. The Kier molecular flexibility index (Phi) is 5.55. The van der Waals surface area contributed by atoms with Crippen LogP contribution in [0.5, 0.6) is 0 Å². The first-order valence-electron chi connectivity index (χ1n) is 8.37. The molecule has 6 nitrogen and oxygen atoms in total. The average Bonchev–Trinajstić information content (AvgIpc) is 2.88. The van der Waals surface area contributed by atoms with Crippen molar-refractivity contribution in [3.63, 3.8) is 0 Å². The van der Waals surface area contributed by atoms with Gasteiger partial charge in [-0.05, 0) is 36.2 Å². The summed E-state index contributed by atoms with van der Waals surface area (Å²) < 4.78 is 13.3. The van der Waals surface area contributed by atoms with Crippen molar-refractivity contribution in [2.45, 2.75) is 18.9 Å². The molecule has 1 fully saturated rings. The Morgan fingerprint density at radius 2 is 2.08 bits per heavy atom. The molecule has 7 heteroatoms. The van der Waals surface area contributed by atoms with Crippen molar-refractivity contribution in [2.24, 2.45) is 0 Å². The summed E-state index contributed by atoms with van der Waals surface area (Å²) in [5, 5.41) is 18.2. The summed E-state index contributed by atoms with van der Waals surface area (Å²) in [5.74, 6) is 0.257. The van der Waals surface area contributed by atoms with E-state index in [1.165, 1.54) is 18.2 Å². The monoisotopic (exact) mass is 344 g/mol. The molecule has 1 aliphatic rings. The molecule has 1 unspecified atom stereocenters. The number of rotatable bonds is 4. The molecule has 0 aliphatic carbocycles. The Morgan fingerprint density at radius 1 is 1.20 bits per heavy atom. The van der Waals surface area contributed by atoms with Crippen molar-refractivity contribution in [1.82, 2.24) is 15.1 Å². The first-order chi connectivity index (χ1) is 12.1. The number of hydrogen-bond donors (Lipinski definition) is 1. The van der Waals surface area contributed by atoms with E-state index in [0.717, 1.165) is 18.8 Å². The van der Waals surface area contributed by atoms with E-state index in [4.69, 9.17) is 0 Å². The maximum atomic E-state index is 13.3. The summed E-state index contributed by atoms with van der Waals surface area (Å²) in [4.78, 5) is 16.3. The highest BCUT2D eigenvalue weighted by atomic mass is 19.1. The Labute approximate surface area is 145 Å². The Bertz CT molecular complexity index is 713. The van der Waals surface area contributed by atoms with Crippen molar-refractivity contribution in [2.75, 3.05) is 31.1 Å². The van der Waals surface area contributed by atoms with Crippen molar-refractivity contribution >= 4 is 11.7 Å². The van der Waals surface area contributed by atoms with Crippen LogP contribution in [-0.4, -0.2) is 52.3 Å². The maximum absolute atomic E-state index is 13.3. The molecule has 1 aromatic carbocycles. The van der Waals surface area contributed by atoms with Gasteiger partial charge in [-0.1, -0.05) is 12.1 Å². The summed E-state index contributed by atoms with van der Waals surface area (Å²) in [6.45, 7) is 2.66. The number of aliphatic hydroxyl groups excluding tert-OH is 1. The number of hydrogen-bond acceptors (Lipinski definition) is 5. The molecule has 1 aliphatic heterocycles. The molecule has 0 spiro atoms. The Hall–Kier alpha value is -2.54. The molecule has 0 radical (unpaired) electrons. The molecule has 3 rings (SSSR count). The van der Waals surface area contributed by atoms with Gasteiger partial charge in [0, 0.05) is 32.4 Å². The minimum Gasteiger partial charge on any atom is -0.388 e. The van der Waals surface area contributed by atoms with Gasteiger partial charge in [-0.2, -0.15) is 5.10 Å². The maximum Gasteiger partial charge on any atom is 0.225 e. The molecule has 0 saturated carbocycles. The largest absolute Gasteiger partial charge is 0.388 e. The summed E-state index contributed by atoms with van der Waals surface area (Å²) in [7, 11) is 0. The Balaban J connectivity index is 1.58. The molecule has 2 heterocycles. The predicted molar refractivity (Wildman–Crippen MR) is 91.4 cm³/mol. The minimum absolute atomic E-state index is 0.0470.